The van der Waals surface area contributed by atoms with E-state index in [4.69, 9.17) is 0 Å². The van der Waals surface area contributed by atoms with Crippen molar-refractivity contribution in [2.75, 3.05) is 0 Å². The standard InChI is InChI=1S/C17H13N3/c1-12-6-5-9-14-15(13-7-3-2-4-8-13)10-16-19-18-11-20(16)17(12)14/h2-11H,1H3. The van der Waals surface area contributed by atoms with Crippen LogP contribution in [0.15, 0.2) is 60.9 Å². The number of aryl methyl sites for hydroxylation is 1. The molecule has 20 heavy (non-hydrogen) atoms. The highest BCUT2D eigenvalue weighted by atomic mass is 15.2. The first kappa shape index (κ1) is 11.2. The first-order chi connectivity index (χ1) is 9.84. The average molecular weight is 259 g/mol. The van der Waals surface area contributed by atoms with Crippen LogP contribution in [0.3, 0.4) is 0 Å². The predicted molar refractivity (Wildman–Crippen MR) is 80.7 cm³/mol. The van der Waals surface area contributed by atoms with Crippen molar-refractivity contribution in [3.63, 3.8) is 0 Å². The van der Waals surface area contributed by atoms with Crippen LogP contribution in [-0.4, -0.2) is 14.6 Å². The first-order valence-corrected chi connectivity index (χ1v) is 6.62. The lowest BCUT2D eigenvalue weighted by Crippen LogP contribution is -1.93. The zero-order valence-electron chi connectivity index (χ0n) is 11.1. The summed E-state index contributed by atoms with van der Waals surface area (Å²) in [5, 5.41) is 9.47. The molecule has 0 aliphatic rings. The minimum absolute atomic E-state index is 0.880. The third-order valence-electron chi connectivity index (χ3n) is 3.70. The molecule has 0 saturated heterocycles. The molecule has 0 saturated carbocycles. The van der Waals surface area contributed by atoms with Gasteiger partial charge in [-0.05, 0) is 29.7 Å². The van der Waals surface area contributed by atoms with Crippen LogP contribution in [0.25, 0.3) is 27.7 Å². The third kappa shape index (κ3) is 1.53. The summed E-state index contributed by atoms with van der Waals surface area (Å²) in [7, 11) is 0. The summed E-state index contributed by atoms with van der Waals surface area (Å²) in [5.74, 6) is 0. The van der Waals surface area contributed by atoms with E-state index < -0.39 is 0 Å². The molecule has 3 heteroatoms. The molecule has 0 radical (unpaired) electrons. The minimum Gasteiger partial charge on any atom is -0.281 e. The van der Waals surface area contributed by atoms with Gasteiger partial charge in [-0.3, -0.25) is 4.40 Å². The van der Waals surface area contributed by atoms with Crippen LogP contribution in [0, 0.1) is 6.92 Å². The van der Waals surface area contributed by atoms with Crippen LogP contribution < -0.4 is 0 Å². The number of fused-ring (bicyclic) bond motifs is 3. The molecule has 0 bridgehead atoms. The Morgan fingerprint density at radius 3 is 2.65 bits per heavy atom. The zero-order valence-corrected chi connectivity index (χ0v) is 11.1. The minimum atomic E-state index is 0.880. The quantitative estimate of drug-likeness (QED) is 0.519. The highest BCUT2D eigenvalue weighted by Gasteiger charge is 2.10. The number of hydrogen-bond acceptors (Lipinski definition) is 2. The van der Waals surface area contributed by atoms with E-state index in [2.05, 4.69) is 70.1 Å². The molecule has 0 spiro atoms. The fourth-order valence-corrected chi connectivity index (χ4v) is 2.77. The number of benzene rings is 2. The van der Waals surface area contributed by atoms with E-state index in [0.717, 1.165) is 5.65 Å². The van der Waals surface area contributed by atoms with Crippen molar-refractivity contribution in [1.29, 1.82) is 0 Å². The van der Waals surface area contributed by atoms with Crippen LogP contribution in [0.1, 0.15) is 5.56 Å². The van der Waals surface area contributed by atoms with Crippen molar-refractivity contribution in [1.82, 2.24) is 14.6 Å². The van der Waals surface area contributed by atoms with Crippen LogP contribution in [-0.2, 0) is 0 Å². The largest absolute Gasteiger partial charge is 0.281 e. The van der Waals surface area contributed by atoms with Gasteiger partial charge in [-0.25, -0.2) is 0 Å². The monoisotopic (exact) mass is 259 g/mol. The van der Waals surface area contributed by atoms with Crippen LogP contribution in [0.2, 0.25) is 0 Å². The molecule has 0 aliphatic carbocycles. The maximum absolute atomic E-state index is 4.21. The maximum atomic E-state index is 4.21. The van der Waals surface area contributed by atoms with Gasteiger partial charge in [0.15, 0.2) is 5.65 Å². The highest BCUT2D eigenvalue weighted by molar-refractivity contribution is 5.98. The van der Waals surface area contributed by atoms with Crippen LogP contribution >= 0.6 is 0 Å². The summed E-state index contributed by atoms with van der Waals surface area (Å²) in [6.07, 6.45) is 1.78. The van der Waals surface area contributed by atoms with E-state index in [1.165, 1.54) is 27.6 Å². The molecule has 2 aromatic heterocycles. The van der Waals surface area contributed by atoms with Crippen molar-refractivity contribution >= 4 is 16.6 Å². The molecule has 3 nitrogen and oxygen atoms in total. The fraction of sp³-hybridized carbons (Fsp3) is 0.0588. The van der Waals surface area contributed by atoms with Gasteiger partial charge in [-0.1, -0.05) is 48.5 Å². The lowest BCUT2D eigenvalue weighted by Gasteiger charge is -2.10. The molecule has 0 fully saturated rings. The van der Waals surface area contributed by atoms with Gasteiger partial charge >= 0.3 is 0 Å². The molecule has 0 unspecified atom stereocenters. The van der Waals surface area contributed by atoms with Gasteiger partial charge in [0.05, 0.1) is 5.52 Å². The molecule has 2 aromatic carbocycles. The molecular formula is C17H13N3. The number of aromatic nitrogens is 3. The Morgan fingerprint density at radius 2 is 1.80 bits per heavy atom. The molecule has 96 valence electrons. The SMILES string of the molecule is Cc1cccc2c(-c3ccccc3)cc3nncn3c12. The lowest BCUT2D eigenvalue weighted by molar-refractivity contribution is 1.11. The summed E-state index contributed by atoms with van der Waals surface area (Å²) >= 11 is 0. The normalized spacial score (nSPS) is 11.2. The van der Waals surface area contributed by atoms with Crippen LogP contribution in [0.4, 0.5) is 0 Å². The number of nitrogens with zero attached hydrogens (tertiary/aromatic N) is 3. The van der Waals surface area contributed by atoms with Gasteiger partial charge in [0.25, 0.3) is 0 Å². The summed E-state index contributed by atoms with van der Waals surface area (Å²) < 4.78 is 2.05. The lowest BCUT2D eigenvalue weighted by atomic mass is 9.99. The number of hydrogen-bond donors (Lipinski definition) is 0. The molecule has 0 aliphatic heterocycles. The Labute approximate surface area is 116 Å². The molecule has 0 amide bonds. The van der Waals surface area contributed by atoms with Crippen molar-refractivity contribution in [3.05, 3.63) is 66.5 Å². The van der Waals surface area contributed by atoms with Crippen molar-refractivity contribution in [2.24, 2.45) is 0 Å². The molecule has 0 N–H and O–H groups in total. The van der Waals surface area contributed by atoms with Gasteiger partial charge in [-0.15, -0.1) is 10.2 Å². The van der Waals surface area contributed by atoms with E-state index in [1.54, 1.807) is 6.33 Å². The molecule has 4 aromatic rings. The van der Waals surface area contributed by atoms with E-state index in [9.17, 15) is 0 Å². The van der Waals surface area contributed by atoms with E-state index >= 15 is 0 Å². The van der Waals surface area contributed by atoms with E-state index in [1.807, 2.05) is 6.07 Å². The number of rotatable bonds is 1. The second-order valence-electron chi connectivity index (χ2n) is 4.95. The van der Waals surface area contributed by atoms with Gasteiger partial charge in [-0.2, -0.15) is 0 Å². The summed E-state index contributed by atoms with van der Waals surface area (Å²) in [4.78, 5) is 0. The molecule has 2 heterocycles. The van der Waals surface area contributed by atoms with Gasteiger partial charge < -0.3 is 0 Å². The molecule has 4 rings (SSSR count). The predicted octanol–water partition coefficient (Wildman–Crippen LogP) is 3.86. The number of pyridine rings is 1. The highest BCUT2D eigenvalue weighted by Crippen LogP contribution is 2.31. The summed E-state index contributed by atoms with van der Waals surface area (Å²) in [6, 6.07) is 18.9. The smallest absolute Gasteiger partial charge is 0.161 e. The van der Waals surface area contributed by atoms with Crippen LogP contribution in [0.5, 0.6) is 0 Å². The van der Waals surface area contributed by atoms with E-state index in [0.29, 0.717) is 0 Å². The van der Waals surface area contributed by atoms with Gasteiger partial charge in [0, 0.05) is 5.39 Å². The fourth-order valence-electron chi connectivity index (χ4n) is 2.77. The summed E-state index contributed by atoms with van der Waals surface area (Å²) in [5.41, 5.74) is 5.68. The maximum Gasteiger partial charge on any atom is 0.161 e. The first-order valence-electron chi connectivity index (χ1n) is 6.62. The van der Waals surface area contributed by atoms with Crippen molar-refractivity contribution in [2.45, 2.75) is 6.92 Å². The third-order valence-corrected chi connectivity index (χ3v) is 3.70. The Balaban J connectivity index is 2.22. The van der Waals surface area contributed by atoms with Crippen molar-refractivity contribution in [3.8, 4) is 11.1 Å². The topological polar surface area (TPSA) is 30.2 Å². The van der Waals surface area contributed by atoms with Gasteiger partial charge in [0.1, 0.15) is 6.33 Å². The Hall–Kier alpha value is -2.68. The number of para-hydroxylation sites is 1. The zero-order chi connectivity index (χ0) is 13.5. The Bertz CT molecular complexity index is 907. The molecular weight excluding hydrogens is 246 g/mol. The second kappa shape index (κ2) is 4.17. The second-order valence-corrected chi connectivity index (χ2v) is 4.95. The summed E-state index contributed by atoms with van der Waals surface area (Å²) in [6.45, 7) is 2.12. The average Bonchev–Trinajstić information content (AvgIpc) is 2.95. The van der Waals surface area contributed by atoms with Crippen molar-refractivity contribution < 1.29 is 0 Å². The van der Waals surface area contributed by atoms with E-state index in [-0.39, 0.29) is 0 Å². The Kier molecular flexibility index (Phi) is 2.33. The Morgan fingerprint density at radius 1 is 0.950 bits per heavy atom. The van der Waals surface area contributed by atoms with Gasteiger partial charge in [0.2, 0.25) is 0 Å². The molecule has 0 atom stereocenters.